The highest BCUT2D eigenvalue weighted by atomic mass is 32.1. The minimum absolute atomic E-state index is 0.0299. The van der Waals surface area contributed by atoms with Crippen molar-refractivity contribution in [3.05, 3.63) is 47.2 Å². The maximum Gasteiger partial charge on any atom is 0.418 e. The van der Waals surface area contributed by atoms with E-state index in [0.29, 0.717) is 16.8 Å². The van der Waals surface area contributed by atoms with Crippen molar-refractivity contribution >= 4 is 30.0 Å². The molecule has 1 saturated heterocycles. The fourth-order valence-electron chi connectivity index (χ4n) is 3.44. The van der Waals surface area contributed by atoms with E-state index in [1.165, 1.54) is 11.8 Å². The molecule has 0 radical (unpaired) electrons. The van der Waals surface area contributed by atoms with E-state index in [1.807, 2.05) is 0 Å². The quantitative estimate of drug-likeness (QED) is 0.479. The molecule has 1 aromatic carbocycles. The summed E-state index contributed by atoms with van der Waals surface area (Å²) >= 11 is 4.18. The minimum atomic E-state index is -4.71. The normalized spacial score (nSPS) is 16.8. The summed E-state index contributed by atoms with van der Waals surface area (Å²) in [5, 5.41) is 2.56. The highest BCUT2D eigenvalue weighted by Crippen LogP contribution is 2.37. The van der Waals surface area contributed by atoms with Gasteiger partial charge in [0.1, 0.15) is 5.82 Å². The van der Waals surface area contributed by atoms with Crippen molar-refractivity contribution in [2.75, 3.05) is 23.3 Å². The first kappa shape index (κ1) is 22.3. The summed E-state index contributed by atoms with van der Waals surface area (Å²) in [4.78, 5) is 18.9. The molecule has 2 aromatic rings. The summed E-state index contributed by atoms with van der Waals surface area (Å²) < 4.78 is 67.8. The molecule has 0 bridgehead atoms. The molecule has 0 spiro atoms. The molecule has 4 nitrogen and oxygen atoms in total. The Labute approximate surface area is 175 Å². The van der Waals surface area contributed by atoms with Crippen LogP contribution in [-0.2, 0) is 6.18 Å². The number of hydrogen-bond donors (Lipinski definition) is 2. The molecule has 1 aliphatic rings. The number of thiol groups is 1. The van der Waals surface area contributed by atoms with E-state index in [1.54, 1.807) is 24.3 Å². The summed E-state index contributed by atoms with van der Waals surface area (Å²) in [5.74, 6) is -3.68. The zero-order chi connectivity index (χ0) is 22.1. The van der Waals surface area contributed by atoms with Crippen LogP contribution in [0.5, 0.6) is 0 Å². The van der Waals surface area contributed by atoms with Crippen LogP contribution in [0.1, 0.15) is 40.7 Å². The number of halogens is 5. The SMILES string of the molecule is Cc1c(C(F)(F)F)cnc(N2CCCC(F)(F)CC2)c1C(=O)Nc1cccc(S)c1. The molecule has 30 heavy (non-hydrogen) atoms. The first-order valence-corrected chi connectivity index (χ1v) is 9.72. The van der Waals surface area contributed by atoms with Gasteiger partial charge < -0.3 is 10.2 Å². The number of nitrogens with zero attached hydrogens (tertiary/aromatic N) is 2. The number of carbonyl (C=O) groups is 1. The van der Waals surface area contributed by atoms with Gasteiger partial charge in [0.25, 0.3) is 5.91 Å². The lowest BCUT2D eigenvalue weighted by atomic mass is 10.0. The standard InChI is InChI=1S/C20H20F5N3OS/c1-12-15(20(23,24)25)11-26-17(28-8-3-6-19(21,22)7-9-28)16(12)18(29)27-13-4-2-5-14(30)10-13/h2,4-5,10-11,30H,3,6-9H2,1H3,(H,27,29). The van der Waals surface area contributed by atoms with Gasteiger partial charge in [-0.1, -0.05) is 6.07 Å². The van der Waals surface area contributed by atoms with Crippen molar-refractivity contribution < 1.29 is 26.7 Å². The molecular formula is C20H20F5N3OS. The van der Waals surface area contributed by atoms with Gasteiger partial charge in [-0.15, -0.1) is 12.6 Å². The van der Waals surface area contributed by atoms with Crippen molar-refractivity contribution in [3.63, 3.8) is 0 Å². The van der Waals surface area contributed by atoms with Crippen LogP contribution in [0.15, 0.2) is 35.4 Å². The average molecular weight is 445 g/mol. The number of nitrogens with one attached hydrogen (secondary N) is 1. The maximum atomic E-state index is 13.8. The topological polar surface area (TPSA) is 45.2 Å². The number of pyridine rings is 1. The molecule has 1 N–H and O–H groups in total. The number of anilines is 2. The van der Waals surface area contributed by atoms with E-state index < -0.39 is 30.0 Å². The van der Waals surface area contributed by atoms with E-state index in [-0.39, 0.29) is 42.9 Å². The number of amides is 1. The number of hydrogen-bond acceptors (Lipinski definition) is 4. The van der Waals surface area contributed by atoms with Gasteiger partial charge in [0, 0.05) is 42.7 Å². The van der Waals surface area contributed by atoms with Gasteiger partial charge in [0.15, 0.2) is 0 Å². The fraction of sp³-hybridized carbons (Fsp3) is 0.400. The Morgan fingerprint density at radius 3 is 2.63 bits per heavy atom. The Bertz CT molecular complexity index is 949. The van der Waals surface area contributed by atoms with E-state index in [9.17, 15) is 26.7 Å². The van der Waals surface area contributed by atoms with Gasteiger partial charge in [-0.25, -0.2) is 13.8 Å². The molecule has 10 heteroatoms. The second kappa shape index (κ2) is 8.41. The molecular weight excluding hydrogens is 425 g/mol. The average Bonchev–Trinajstić information content (AvgIpc) is 2.80. The monoisotopic (exact) mass is 445 g/mol. The number of benzene rings is 1. The van der Waals surface area contributed by atoms with Gasteiger partial charge in [-0.2, -0.15) is 13.2 Å². The van der Waals surface area contributed by atoms with Crippen LogP contribution in [0.2, 0.25) is 0 Å². The Balaban J connectivity index is 2.04. The van der Waals surface area contributed by atoms with Gasteiger partial charge >= 0.3 is 6.18 Å². The van der Waals surface area contributed by atoms with Crippen LogP contribution in [-0.4, -0.2) is 29.9 Å². The largest absolute Gasteiger partial charge is 0.418 e. The van der Waals surface area contributed by atoms with Gasteiger partial charge in [0.2, 0.25) is 5.92 Å². The molecule has 1 aromatic heterocycles. The molecule has 3 rings (SSSR count). The van der Waals surface area contributed by atoms with Crippen molar-refractivity contribution in [1.29, 1.82) is 0 Å². The van der Waals surface area contributed by atoms with E-state index in [2.05, 4.69) is 22.9 Å². The predicted molar refractivity (Wildman–Crippen MR) is 107 cm³/mol. The number of aromatic nitrogens is 1. The van der Waals surface area contributed by atoms with Crippen LogP contribution in [0.25, 0.3) is 0 Å². The zero-order valence-electron chi connectivity index (χ0n) is 16.1. The number of carbonyl (C=O) groups excluding carboxylic acids is 1. The summed E-state index contributed by atoms with van der Waals surface area (Å²) in [6, 6.07) is 6.43. The number of alkyl halides is 5. The molecule has 162 valence electrons. The van der Waals surface area contributed by atoms with Crippen LogP contribution in [0.3, 0.4) is 0 Å². The Hall–Kier alpha value is -2.36. The molecule has 2 heterocycles. The zero-order valence-corrected chi connectivity index (χ0v) is 17.0. The maximum absolute atomic E-state index is 13.8. The van der Waals surface area contributed by atoms with E-state index in [0.717, 1.165) is 0 Å². The second-order valence-corrected chi connectivity index (χ2v) is 7.71. The third-order valence-corrected chi connectivity index (χ3v) is 5.25. The smallest absolute Gasteiger partial charge is 0.356 e. The lowest BCUT2D eigenvalue weighted by Crippen LogP contribution is -2.30. The first-order valence-electron chi connectivity index (χ1n) is 9.28. The molecule has 0 aliphatic carbocycles. The van der Waals surface area contributed by atoms with Crippen molar-refractivity contribution in [2.24, 2.45) is 0 Å². The summed E-state index contributed by atoms with van der Waals surface area (Å²) in [6.07, 6.45) is -4.70. The van der Waals surface area contributed by atoms with Crippen molar-refractivity contribution in [1.82, 2.24) is 4.98 Å². The fourth-order valence-corrected chi connectivity index (χ4v) is 3.66. The Morgan fingerprint density at radius 1 is 1.23 bits per heavy atom. The first-order chi connectivity index (χ1) is 14.0. The molecule has 1 amide bonds. The van der Waals surface area contributed by atoms with Gasteiger partial charge in [0.05, 0.1) is 11.1 Å². The van der Waals surface area contributed by atoms with E-state index in [4.69, 9.17) is 0 Å². The van der Waals surface area contributed by atoms with Crippen molar-refractivity contribution in [2.45, 2.75) is 43.2 Å². The third kappa shape index (κ3) is 5.03. The highest BCUT2D eigenvalue weighted by molar-refractivity contribution is 7.80. The Morgan fingerprint density at radius 2 is 1.97 bits per heavy atom. The van der Waals surface area contributed by atoms with E-state index >= 15 is 0 Å². The summed E-state index contributed by atoms with van der Waals surface area (Å²) in [7, 11) is 0. The highest BCUT2D eigenvalue weighted by Gasteiger charge is 2.38. The third-order valence-electron chi connectivity index (χ3n) is 4.97. The molecule has 0 saturated carbocycles. The predicted octanol–water partition coefficient (Wildman–Crippen LogP) is 5.58. The van der Waals surface area contributed by atoms with Gasteiger partial charge in [-0.3, -0.25) is 4.79 Å². The van der Waals surface area contributed by atoms with Crippen LogP contribution in [0, 0.1) is 6.92 Å². The lowest BCUT2D eigenvalue weighted by molar-refractivity contribution is -0.138. The molecule has 0 unspecified atom stereocenters. The minimum Gasteiger partial charge on any atom is -0.356 e. The molecule has 1 aliphatic heterocycles. The second-order valence-electron chi connectivity index (χ2n) is 7.19. The van der Waals surface area contributed by atoms with Crippen LogP contribution < -0.4 is 10.2 Å². The Kier molecular flexibility index (Phi) is 6.26. The summed E-state index contributed by atoms with van der Waals surface area (Å²) in [5.41, 5.74) is -1.28. The van der Waals surface area contributed by atoms with Crippen molar-refractivity contribution in [3.8, 4) is 0 Å². The summed E-state index contributed by atoms with van der Waals surface area (Å²) in [6.45, 7) is 1.24. The molecule has 0 atom stereocenters. The lowest BCUT2D eigenvalue weighted by Gasteiger charge is -2.26. The van der Waals surface area contributed by atoms with Gasteiger partial charge in [-0.05, 0) is 37.1 Å². The number of rotatable bonds is 3. The van der Waals surface area contributed by atoms with Crippen LogP contribution in [0.4, 0.5) is 33.5 Å². The van der Waals surface area contributed by atoms with Crippen LogP contribution >= 0.6 is 12.6 Å². The molecule has 1 fully saturated rings.